The maximum Gasteiger partial charge on any atom is 0.306 e. The summed E-state index contributed by atoms with van der Waals surface area (Å²) >= 11 is 0. The lowest BCUT2D eigenvalue weighted by Crippen LogP contribution is -2.16. The highest BCUT2D eigenvalue weighted by atomic mass is 19.2. The van der Waals surface area contributed by atoms with Crippen LogP contribution in [-0.2, 0) is 9.53 Å². The molecule has 33 heavy (non-hydrogen) atoms. The number of methoxy groups -OCH3 is 1. The Morgan fingerprint density at radius 2 is 1.91 bits per heavy atom. The van der Waals surface area contributed by atoms with Crippen LogP contribution in [0.25, 0.3) is 6.08 Å². The number of aromatic nitrogens is 1. The van der Waals surface area contributed by atoms with E-state index in [1.165, 1.54) is 13.2 Å². The molecule has 0 aliphatic carbocycles. The van der Waals surface area contributed by atoms with Crippen LogP contribution >= 0.6 is 0 Å². The smallest absolute Gasteiger partial charge is 0.306 e. The first kappa shape index (κ1) is 20.7. The molecule has 0 N–H and O–H groups in total. The number of halogens is 3. The minimum atomic E-state index is -1.61. The number of carbonyl (C=O) groups is 2. The zero-order valence-electron chi connectivity index (χ0n) is 17.0. The number of hydrogen-bond acceptors (Lipinski definition) is 6. The number of pyridine rings is 1. The minimum Gasteiger partial charge on any atom is -0.469 e. The van der Waals surface area contributed by atoms with Gasteiger partial charge in [-0.1, -0.05) is 6.07 Å². The Labute approximate surface area is 185 Å². The molecule has 0 saturated heterocycles. The van der Waals surface area contributed by atoms with Crippen molar-refractivity contribution in [2.24, 2.45) is 0 Å². The van der Waals surface area contributed by atoms with Crippen molar-refractivity contribution in [3.05, 3.63) is 88.1 Å². The molecule has 3 aromatic rings. The first-order valence-electron chi connectivity index (χ1n) is 9.82. The van der Waals surface area contributed by atoms with E-state index in [1.807, 2.05) is 0 Å². The summed E-state index contributed by atoms with van der Waals surface area (Å²) in [7, 11) is 1.27. The highest BCUT2D eigenvalue weighted by molar-refractivity contribution is 6.15. The number of hydrogen-bond donors (Lipinski definition) is 0. The monoisotopic (exact) mass is 453 g/mol. The van der Waals surface area contributed by atoms with Crippen molar-refractivity contribution in [2.75, 3.05) is 7.11 Å². The molecule has 1 aromatic heterocycles. The summed E-state index contributed by atoms with van der Waals surface area (Å²) in [6.45, 7) is 0. The van der Waals surface area contributed by atoms with Crippen molar-refractivity contribution in [1.29, 1.82) is 0 Å². The quantitative estimate of drug-likeness (QED) is 0.319. The summed E-state index contributed by atoms with van der Waals surface area (Å²) in [5, 5.41) is 0. The summed E-state index contributed by atoms with van der Waals surface area (Å²) in [5.74, 6) is -5.37. The van der Waals surface area contributed by atoms with E-state index in [9.17, 15) is 22.8 Å². The lowest BCUT2D eigenvalue weighted by atomic mass is 9.85. The van der Waals surface area contributed by atoms with Crippen LogP contribution in [0.2, 0.25) is 0 Å². The SMILES string of the molecule is COC(=O)CC1c2cccnc2Oc2ccc3c(c21)O/C(=C\c1cc(F)c(F)c(F)c1)C3=O. The van der Waals surface area contributed by atoms with Gasteiger partial charge < -0.3 is 14.2 Å². The molecule has 9 heteroatoms. The normalized spacial score (nSPS) is 17.0. The van der Waals surface area contributed by atoms with E-state index in [-0.39, 0.29) is 29.1 Å². The fourth-order valence-corrected chi connectivity index (χ4v) is 3.96. The van der Waals surface area contributed by atoms with E-state index >= 15 is 0 Å². The van der Waals surface area contributed by atoms with Crippen LogP contribution in [0.1, 0.15) is 39.4 Å². The zero-order chi connectivity index (χ0) is 23.3. The van der Waals surface area contributed by atoms with Gasteiger partial charge >= 0.3 is 5.97 Å². The average molecular weight is 453 g/mol. The van der Waals surface area contributed by atoms with Gasteiger partial charge in [0.15, 0.2) is 23.2 Å². The molecule has 0 radical (unpaired) electrons. The second kappa shape index (κ2) is 7.77. The lowest BCUT2D eigenvalue weighted by molar-refractivity contribution is -0.140. The number of Topliss-reactive ketones (excluding diaryl/α,β-unsaturated/α-hetero) is 1. The highest BCUT2D eigenvalue weighted by Gasteiger charge is 2.39. The molecule has 0 fully saturated rings. The predicted octanol–water partition coefficient (Wildman–Crippen LogP) is 4.92. The zero-order valence-corrected chi connectivity index (χ0v) is 17.0. The van der Waals surface area contributed by atoms with Crippen molar-refractivity contribution in [3.63, 3.8) is 0 Å². The number of ketones is 1. The third-order valence-electron chi connectivity index (χ3n) is 5.47. The van der Waals surface area contributed by atoms with Gasteiger partial charge in [0.25, 0.3) is 0 Å². The Bertz CT molecular complexity index is 1350. The molecule has 2 aliphatic rings. The van der Waals surface area contributed by atoms with E-state index < -0.39 is 35.1 Å². The van der Waals surface area contributed by atoms with Crippen LogP contribution in [0.4, 0.5) is 13.2 Å². The largest absolute Gasteiger partial charge is 0.469 e. The molecule has 1 unspecified atom stereocenters. The lowest BCUT2D eigenvalue weighted by Gasteiger charge is -2.27. The van der Waals surface area contributed by atoms with Crippen molar-refractivity contribution < 1.29 is 37.0 Å². The maximum atomic E-state index is 13.6. The average Bonchev–Trinajstić information content (AvgIpc) is 3.12. The molecule has 5 rings (SSSR count). The van der Waals surface area contributed by atoms with Gasteiger partial charge in [-0.05, 0) is 42.0 Å². The number of benzene rings is 2. The standard InChI is InChI=1S/C24H14F3NO5/c1-31-19(29)10-14-12-3-2-6-28-24(12)33-17-5-4-13-22(30)18(32-23(13)20(14)17)9-11-7-15(25)21(27)16(26)8-11/h2-9,14H,10H2,1H3/b18-9-. The molecule has 0 bridgehead atoms. The Morgan fingerprint density at radius 3 is 2.64 bits per heavy atom. The summed E-state index contributed by atoms with van der Waals surface area (Å²) in [6.07, 6.45) is 2.61. The molecule has 3 heterocycles. The molecule has 0 spiro atoms. The summed E-state index contributed by atoms with van der Waals surface area (Å²) in [4.78, 5) is 29.3. The molecule has 6 nitrogen and oxygen atoms in total. The first-order chi connectivity index (χ1) is 15.9. The molecule has 1 atom stereocenters. The third kappa shape index (κ3) is 3.42. The van der Waals surface area contributed by atoms with E-state index in [2.05, 4.69) is 4.98 Å². The Balaban J connectivity index is 1.61. The minimum absolute atomic E-state index is 0.0625. The first-order valence-corrected chi connectivity index (χ1v) is 9.82. The fraction of sp³-hybridized carbons (Fsp3) is 0.125. The van der Waals surface area contributed by atoms with Crippen LogP contribution in [0.5, 0.6) is 17.4 Å². The van der Waals surface area contributed by atoms with Crippen LogP contribution < -0.4 is 9.47 Å². The maximum absolute atomic E-state index is 13.6. The third-order valence-corrected chi connectivity index (χ3v) is 5.47. The van der Waals surface area contributed by atoms with E-state index in [0.29, 0.717) is 22.8 Å². The molecule has 0 saturated carbocycles. The van der Waals surface area contributed by atoms with Crippen LogP contribution in [0, 0.1) is 17.5 Å². The number of esters is 1. The van der Waals surface area contributed by atoms with Gasteiger partial charge in [-0.3, -0.25) is 9.59 Å². The van der Waals surface area contributed by atoms with E-state index in [0.717, 1.165) is 18.2 Å². The van der Waals surface area contributed by atoms with Gasteiger partial charge in [-0.25, -0.2) is 18.2 Å². The second-order valence-electron chi connectivity index (χ2n) is 7.43. The molecule has 2 aliphatic heterocycles. The number of carbonyl (C=O) groups excluding carboxylic acids is 2. The van der Waals surface area contributed by atoms with Crippen molar-refractivity contribution in [3.8, 4) is 17.4 Å². The number of rotatable bonds is 3. The number of allylic oxidation sites excluding steroid dienone is 1. The molecular formula is C24H14F3NO5. The van der Waals surface area contributed by atoms with E-state index in [4.69, 9.17) is 14.2 Å². The van der Waals surface area contributed by atoms with Crippen LogP contribution in [0.15, 0.2) is 48.4 Å². The van der Waals surface area contributed by atoms with Crippen LogP contribution in [0.3, 0.4) is 0 Å². The Morgan fingerprint density at radius 1 is 1.15 bits per heavy atom. The van der Waals surface area contributed by atoms with Crippen molar-refractivity contribution in [1.82, 2.24) is 4.98 Å². The van der Waals surface area contributed by atoms with Crippen molar-refractivity contribution in [2.45, 2.75) is 12.3 Å². The highest BCUT2D eigenvalue weighted by Crippen LogP contribution is 2.52. The topological polar surface area (TPSA) is 74.7 Å². The van der Waals surface area contributed by atoms with Gasteiger partial charge in [-0.15, -0.1) is 0 Å². The second-order valence-corrected chi connectivity index (χ2v) is 7.43. The molecular weight excluding hydrogens is 439 g/mol. The number of fused-ring (bicyclic) bond motifs is 4. The van der Waals surface area contributed by atoms with E-state index in [1.54, 1.807) is 24.4 Å². The predicted molar refractivity (Wildman–Crippen MR) is 108 cm³/mol. The van der Waals surface area contributed by atoms with Gasteiger partial charge in [0, 0.05) is 23.2 Å². The molecule has 2 aromatic carbocycles. The number of nitrogens with zero attached hydrogens (tertiary/aromatic N) is 1. The van der Waals surface area contributed by atoms with Gasteiger partial charge in [-0.2, -0.15) is 0 Å². The van der Waals surface area contributed by atoms with Gasteiger partial charge in [0.1, 0.15) is 11.5 Å². The summed E-state index contributed by atoms with van der Waals surface area (Å²) in [6, 6.07) is 8.01. The summed E-state index contributed by atoms with van der Waals surface area (Å²) in [5.41, 5.74) is 1.16. The Hall–Kier alpha value is -4.14. The number of ether oxygens (including phenoxy) is 3. The summed E-state index contributed by atoms with van der Waals surface area (Å²) < 4.78 is 57.0. The van der Waals surface area contributed by atoms with Gasteiger partial charge in [0.2, 0.25) is 11.7 Å². The molecule has 0 amide bonds. The van der Waals surface area contributed by atoms with Gasteiger partial charge in [0.05, 0.1) is 19.1 Å². The Kier molecular flexibility index (Phi) is 4.88. The molecule has 166 valence electrons. The van der Waals surface area contributed by atoms with Crippen LogP contribution in [-0.4, -0.2) is 23.8 Å². The fourth-order valence-electron chi connectivity index (χ4n) is 3.96. The van der Waals surface area contributed by atoms with Crippen molar-refractivity contribution >= 4 is 17.8 Å².